The predicted molar refractivity (Wildman–Crippen MR) is 80.5 cm³/mol. The fraction of sp³-hybridized carbons (Fsp3) is 0.533. The summed E-state index contributed by atoms with van der Waals surface area (Å²) in [5.41, 5.74) is 1.23. The predicted octanol–water partition coefficient (Wildman–Crippen LogP) is 4.20. The fourth-order valence-electron chi connectivity index (χ4n) is 1.94. The van der Waals surface area contributed by atoms with Gasteiger partial charge in [-0.15, -0.1) is 11.3 Å². The van der Waals surface area contributed by atoms with Gasteiger partial charge in [-0.05, 0) is 25.1 Å². The maximum Gasteiger partial charge on any atom is 0.162 e. The minimum atomic E-state index is 0.0601. The van der Waals surface area contributed by atoms with E-state index < -0.39 is 0 Å². The Balaban J connectivity index is 2.29. The molecule has 0 aliphatic carbocycles. The Labute approximate surface area is 119 Å². The van der Waals surface area contributed by atoms with E-state index in [4.69, 9.17) is 9.40 Å². The molecule has 104 valence electrons. The lowest BCUT2D eigenvalue weighted by atomic mass is 9.91. The van der Waals surface area contributed by atoms with Crippen LogP contribution in [0.25, 0.3) is 10.8 Å². The van der Waals surface area contributed by atoms with Crippen LogP contribution in [-0.4, -0.2) is 11.5 Å². The van der Waals surface area contributed by atoms with Crippen molar-refractivity contribution in [2.24, 2.45) is 0 Å². The van der Waals surface area contributed by atoms with Crippen molar-refractivity contribution in [3.8, 4) is 10.8 Å². The van der Waals surface area contributed by atoms with E-state index >= 15 is 0 Å². The van der Waals surface area contributed by atoms with Crippen LogP contribution in [0.2, 0.25) is 0 Å². The Hall–Kier alpha value is -1.13. The zero-order valence-corrected chi connectivity index (χ0v) is 12.9. The quantitative estimate of drug-likeness (QED) is 0.833. The van der Waals surface area contributed by atoms with Gasteiger partial charge in [-0.2, -0.15) is 0 Å². The molecule has 0 saturated heterocycles. The number of rotatable bonds is 5. The summed E-state index contributed by atoms with van der Waals surface area (Å²) in [6.07, 6.45) is 2.84. The Morgan fingerprint density at radius 1 is 1.37 bits per heavy atom. The number of aromatic nitrogens is 1. The third kappa shape index (κ3) is 3.45. The molecule has 0 spiro atoms. The summed E-state index contributed by atoms with van der Waals surface area (Å²) in [6.45, 7) is 10.7. The topological polar surface area (TPSA) is 38.1 Å². The van der Waals surface area contributed by atoms with E-state index in [1.54, 1.807) is 17.6 Å². The van der Waals surface area contributed by atoms with Gasteiger partial charge in [0, 0.05) is 16.8 Å². The van der Waals surface area contributed by atoms with E-state index in [1.807, 2.05) is 12.1 Å². The zero-order valence-electron chi connectivity index (χ0n) is 12.1. The van der Waals surface area contributed by atoms with E-state index in [9.17, 15) is 0 Å². The van der Waals surface area contributed by atoms with Crippen LogP contribution in [0.1, 0.15) is 44.7 Å². The number of thiazole rings is 1. The highest BCUT2D eigenvalue weighted by molar-refractivity contribution is 7.15. The maximum atomic E-state index is 5.45. The van der Waals surface area contributed by atoms with Gasteiger partial charge in [0.2, 0.25) is 0 Å². The second-order valence-electron chi connectivity index (χ2n) is 5.69. The Morgan fingerprint density at radius 2 is 2.16 bits per heavy atom. The van der Waals surface area contributed by atoms with Crippen molar-refractivity contribution in [2.45, 2.75) is 46.1 Å². The van der Waals surface area contributed by atoms with Crippen molar-refractivity contribution in [2.75, 3.05) is 6.54 Å². The van der Waals surface area contributed by atoms with Gasteiger partial charge in [0.15, 0.2) is 10.8 Å². The summed E-state index contributed by atoms with van der Waals surface area (Å²) in [7, 11) is 0. The largest absolute Gasteiger partial charge is 0.462 e. The van der Waals surface area contributed by atoms with Gasteiger partial charge in [-0.25, -0.2) is 4.98 Å². The number of nitrogens with one attached hydrogen (secondary N) is 1. The van der Waals surface area contributed by atoms with Crippen molar-refractivity contribution in [3.05, 3.63) is 29.0 Å². The maximum absolute atomic E-state index is 5.45. The highest BCUT2D eigenvalue weighted by Gasteiger charge is 2.24. The summed E-state index contributed by atoms with van der Waals surface area (Å²) in [4.78, 5) is 6.10. The normalized spacial score (nSPS) is 12.0. The average molecular weight is 278 g/mol. The molecule has 0 radical (unpaired) electrons. The molecule has 2 aromatic heterocycles. The van der Waals surface area contributed by atoms with Crippen LogP contribution in [0.4, 0.5) is 0 Å². The lowest BCUT2D eigenvalue weighted by molar-refractivity contribution is 0.556. The van der Waals surface area contributed by atoms with Gasteiger partial charge < -0.3 is 9.73 Å². The molecule has 0 atom stereocenters. The third-order valence-corrected chi connectivity index (χ3v) is 3.92. The van der Waals surface area contributed by atoms with Crippen molar-refractivity contribution in [1.29, 1.82) is 0 Å². The van der Waals surface area contributed by atoms with Gasteiger partial charge in [0.25, 0.3) is 0 Å². The molecule has 0 saturated carbocycles. The van der Waals surface area contributed by atoms with E-state index in [1.165, 1.54) is 10.6 Å². The first-order valence-electron chi connectivity index (χ1n) is 6.77. The van der Waals surface area contributed by atoms with Crippen molar-refractivity contribution < 1.29 is 4.42 Å². The molecular formula is C15H22N2OS. The van der Waals surface area contributed by atoms with Crippen LogP contribution in [0.15, 0.2) is 22.8 Å². The second kappa shape index (κ2) is 5.88. The van der Waals surface area contributed by atoms with E-state index in [0.717, 1.165) is 30.3 Å². The van der Waals surface area contributed by atoms with Crippen LogP contribution < -0.4 is 5.32 Å². The number of hydrogen-bond donors (Lipinski definition) is 1. The molecule has 2 heterocycles. The van der Waals surface area contributed by atoms with E-state index in [-0.39, 0.29) is 5.41 Å². The lowest BCUT2D eigenvalue weighted by Crippen LogP contribution is -2.19. The van der Waals surface area contributed by atoms with E-state index in [2.05, 4.69) is 33.0 Å². The van der Waals surface area contributed by atoms with Crippen LogP contribution in [0, 0.1) is 0 Å². The Bertz CT molecular complexity index is 509. The highest BCUT2D eigenvalue weighted by atomic mass is 32.1. The van der Waals surface area contributed by atoms with Crippen molar-refractivity contribution in [3.63, 3.8) is 0 Å². The van der Waals surface area contributed by atoms with Crippen LogP contribution in [0.5, 0.6) is 0 Å². The monoisotopic (exact) mass is 278 g/mol. The summed E-state index contributed by atoms with van der Waals surface area (Å²) in [5, 5.41) is 4.44. The smallest absolute Gasteiger partial charge is 0.162 e. The molecule has 0 unspecified atom stereocenters. The average Bonchev–Trinajstić information content (AvgIpc) is 2.96. The molecule has 2 aromatic rings. The standard InChI is InChI=1S/C15H22N2OS/c1-5-8-16-10-12-13(15(2,3)4)17-14(19-12)11-7-6-9-18-11/h6-7,9,16H,5,8,10H2,1-4H3. The zero-order chi connectivity index (χ0) is 13.9. The number of hydrogen-bond acceptors (Lipinski definition) is 4. The van der Waals surface area contributed by atoms with Gasteiger partial charge in [-0.3, -0.25) is 0 Å². The number of furan rings is 1. The molecule has 0 aliphatic rings. The molecule has 2 rings (SSSR count). The van der Waals surface area contributed by atoms with Gasteiger partial charge >= 0.3 is 0 Å². The molecular weight excluding hydrogens is 256 g/mol. The first kappa shape index (κ1) is 14.3. The molecule has 19 heavy (non-hydrogen) atoms. The van der Waals surface area contributed by atoms with Gasteiger partial charge in [-0.1, -0.05) is 27.7 Å². The Morgan fingerprint density at radius 3 is 2.74 bits per heavy atom. The van der Waals surface area contributed by atoms with Crippen molar-refractivity contribution in [1.82, 2.24) is 10.3 Å². The molecule has 0 bridgehead atoms. The van der Waals surface area contributed by atoms with Gasteiger partial charge in [0.1, 0.15) is 0 Å². The van der Waals surface area contributed by atoms with Crippen LogP contribution in [-0.2, 0) is 12.0 Å². The van der Waals surface area contributed by atoms with Gasteiger partial charge in [0.05, 0.1) is 12.0 Å². The fourth-order valence-corrected chi connectivity index (χ4v) is 3.15. The first-order chi connectivity index (χ1) is 9.02. The lowest BCUT2D eigenvalue weighted by Gasteiger charge is -2.17. The van der Waals surface area contributed by atoms with Crippen LogP contribution in [0.3, 0.4) is 0 Å². The third-order valence-electron chi connectivity index (χ3n) is 2.85. The summed E-state index contributed by atoms with van der Waals surface area (Å²) in [5.74, 6) is 0.859. The number of nitrogens with zero attached hydrogens (tertiary/aromatic N) is 1. The molecule has 0 amide bonds. The molecule has 0 aliphatic heterocycles. The minimum absolute atomic E-state index is 0.0601. The van der Waals surface area contributed by atoms with Crippen LogP contribution >= 0.6 is 11.3 Å². The summed E-state index contributed by atoms with van der Waals surface area (Å²) < 4.78 is 5.45. The molecule has 0 fully saturated rings. The summed E-state index contributed by atoms with van der Waals surface area (Å²) >= 11 is 1.73. The second-order valence-corrected chi connectivity index (χ2v) is 6.78. The van der Waals surface area contributed by atoms with Crippen molar-refractivity contribution >= 4 is 11.3 Å². The highest BCUT2D eigenvalue weighted by Crippen LogP contribution is 2.34. The molecule has 0 aromatic carbocycles. The summed E-state index contributed by atoms with van der Waals surface area (Å²) in [6, 6.07) is 3.87. The first-order valence-corrected chi connectivity index (χ1v) is 7.58. The molecule has 4 heteroatoms. The van der Waals surface area contributed by atoms with E-state index in [0.29, 0.717) is 0 Å². The Kier molecular flexibility index (Phi) is 4.42. The SMILES string of the molecule is CCCNCc1sc(-c2ccco2)nc1C(C)(C)C. The minimum Gasteiger partial charge on any atom is -0.462 e. The molecule has 1 N–H and O–H groups in total. The molecule has 3 nitrogen and oxygen atoms in total.